The first-order valence-electron chi connectivity index (χ1n) is 14.5. The third kappa shape index (κ3) is 4.28. The highest BCUT2D eigenvalue weighted by Crippen LogP contribution is 2.57. The van der Waals surface area contributed by atoms with Crippen LogP contribution in [0.25, 0.3) is 0 Å². The molecule has 2 aromatic carbocycles. The standard InChI is InChI=1S/C34H44O4/c1-22-12-16-26(32(2,3)24-10-8-7-9-11-24)28(20-22)38-31(36)34(5)29-17-14-23-13-15-25(37-6)21-27(23)33(29,4)19-18-30(34)35/h7-11,13,15,21-22,26,28-29H,12,14,16-20H2,1-6H3/t22-,26-,28-,29-,33-,34-/m0/s1. The fourth-order valence-electron chi connectivity index (χ4n) is 8.18. The van der Waals surface area contributed by atoms with Gasteiger partial charge in [0.1, 0.15) is 23.1 Å². The molecule has 5 rings (SSSR count). The third-order valence-electron chi connectivity index (χ3n) is 10.7. The minimum atomic E-state index is -1.14. The average molecular weight is 517 g/mol. The number of methoxy groups -OCH3 is 1. The largest absolute Gasteiger partial charge is 0.497 e. The molecule has 0 aliphatic heterocycles. The average Bonchev–Trinajstić information content (AvgIpc) is 2.91. The molecule has 4 heteroatoms. The summed E-state index contributed by atoms with van der Waals surface area (Å²) in [6.07, 6.45) is 5.62. The van der Waals surface area contributed by atoms with E-state index in [0.29, 0.717) is 12.3 Å². The van der Waals surface area contributed by atoms with E-state index in [1.165, 1.54) is 16.7 Å². The lowest BCUT2D eigenvalue weighted by atomic mass is 9.49. The number of aryl methyl sites for hydroxylation is 1. The van der Waals surface area contributed by atoms with Crippen molar-refractivity contribution in [1.29, 1.82) is 0 Å². The van der Waals surface area contributed by atoms with Gasteiger partial charge in [-0.25, -0.2) is 0 Å². The molecule has 0 amide bonds. The van der Waals surface area contributed by atoms with E-state index in [1.807, 2.05) is 19.1 Å². The SMILES string of the molecule is COc1ccc2c(c1)[C@]1(C)CCC(=O)[C@@](C)(C(=O)O[C@H]3C[C@@H](C)CC[C@@H]3C(C)(C)c3ccccc3)[C@H]1CC2. The Morgan fingerprint density at radius 1 is 1.00 bits per heavy atom. The topological polar surface area (TPSA) is 52.6 Å². The molecule has 0 radical (unpaired) electrons. The van der Waals surface area contributed by atoms with Gasteiger partial charge < -0.3 is 9.47 Å². The lowest BCUT2D eigenvalue weighted by molar-refractivity contribution is -0.179. The van der Waals surface area contributed by atoms with Crippen LogP contribution in [0.1, 0.15) is 89.8 Å². The Hall–Kier alpha value is -2.62. The number of Topliss-reactive ketones (excluding diaryl/α,β-unsaturated/α-hetero) is 1. The number of ether oxygens (including phenoxy) is 2. The summed E-state index contributed by atoms with van der Waals surface area (Å²) in [6, 6.07) is 16.9. The van der Waals surface area contributed by atoms with Crippen molar-refractivity contribution in [2.45, 2.75) is 96.5 Å². The number of carbonyl (C=O) groups is 2. The summed E-state index contributed by atoms with van der Waals surface area (Å²) < 4.78 is 12.1. The molecule has 6 atom stereocenters. The van der Waals surface area contributed by atoms with Crippen molar-refractivity contribution in [1.82, 2.24) is 0 Å². The number of hydrogen-bond acceptors (Lipinski definition) is 4. The van der Waals surface area contributed by atoms with Gasteiger partial charge >= 0.3 is 5.97 Å². The van der Waals surface area contributed by atoms with E-state index >= 15 is 0 Å². The number of rotatable bonds is 5. The van der Waals surface area contributed by atoms with Crippen molar-refractivity contribution in [3.05, 3.63) is 65.2 Å². The monoisotopic (exact) mass is 516 g/mol. The van der Waals surface area contributed by atoms with E-state index in [-0.39, 0.29) is 40.5 Å². The van der Waals surface area contributed by atoms with Crippen LogP contribution in [0.5, 0.6) is 5.75 Å². The number of hydrogen-bond donors (Lipinski definition) is 0. The van der Waals surface area contributed by atoms with Crippen LogP contribution in [0.4, 0.5) is 0 Å². The van der Waals surface area contributed by atoms with Crippen LogP contribution >= 0.6 is 0 Å². The fourth-order valence-corrected chi connectivity index (χ4v) is 8.18. The Kier molecular flexibility index (Phi) is 6.99. The Morgan fingerprint density at radius 3 is 2.45 bits per heavy atom. The van der Waals surface area contributed by atoms with Gasteiger partial charge in [-0.2, -0.15) is 0 Å². The van der Waals surface area contributed by atoms with Gasteiger partial charge in [0, 0.05) is 12.3 Å². The molecular formula is C34H44O4. The van der Waals surface area contributed by atoms with E-state index in [9.17, 15) is 9.59 Å². The Labute approximate surface area is 228 Å². The number of fused-ring (bicyclic) bond motifs is 3. The summed E-state index contributed by atoms with van der Waals surface area (Å²) in [4.78, 5) is 27.9. The molecule has 0 aromatic heterocycles. The summed E-state index contributed by atoms with van der Waals surface area (Å²) in [6.45, 7) is 10.9. The van der Waals surface area contributed by atoms with E-state index in [0.717, 1.165) is 44.3 Å². The van der Waals surface area contributed by atoms with Crippen LogP contribution < -0.4 is 4.74 Å². The molecule has 2 saturated carbocycles. The first-order valence-corrected chi connectivity index (χ1v) is 14.5. The van der Waals surface area contributed by atoms with Crippen molar-refractivity contribution < 1.29 is 19.1 Å². The number of ketones is 1. The van der Waals surface area contributed by atoms with Crippen molar-refractivity contribution >= 4 is 11.8 Å². The highest BCUT2D eigenvalue weighted by molar-refractivity contribution is 6.05. The fraction of sp³-hybridized carbons (Fsp3) is 0.588. The summed E-state index contributed by atoms with van der Waals surface area (Å²) in [5.74, 6) is 1.16. The molecule has 2 aromatic rings. The van der Waals surface area contributed by atoms with Crippen molar-refractivity contribution in [2.75, 3.05) is 7.11 Å². The maximum absolute atomic E-state index is 14.3. The van der Waals surface area contributed by atoms with Gasteiger partial charge in [0.2, 0.25) is 0 Å². The van der Waals surface area contributed by atoms with Crippen molar-refractivity contribution in [3.8, 4) is 5.75 Å². The molecule has 204 valence electrons. The van der Waals surface area contributed by atoms with Crippen LogP contribution in [-0.2, 0) is 31.6 Å². The second-order valence-electron chi connectivity index (χ2n) is 13.2. The second kappa shape index (κ2) is 9.84. The van der Waals surface area contributed by atoms with Crippen LogP contribution in [0, 0.1) is 23.2 Å². The van der Waals surface area contributed by atoms with Gasteiger partial charge in [0.25, 0.3) is 0 Å². The molecule has 0 bridgehead atoms. The van der Waals surface area contributed by atoms with Crippen LogP contribution in [0.2, 0.25) is 0 Å². The second-order valence-corrected chi connectivity index (χ2v) is 13.2. The number of benzene rings is 2. The molecule has 3 aliphatic carbocycles. The molecule has 0 N–H and O–H groups in total. The predicted octanol–water partition coefficient (Wildman–Crippen LogP) is 7.21. The van der Waals surface area contributed by atoms with E-state index < -0.39 is 5.41 Å². The van der Waals surface area contributed by atoms with Crippen LogP contribution in [0.15, 0.2) is 48.5 Å². The van der Waals surface area contributed by atoms with Gasteiger partial charge in [0.15, 0.2) is 0 Å². The summed E-state index contributed by atoms with van der Waals surface area (Å²) in [5.41, 5.74) is 2.25. The molecule has 0 spiro atoms. The van der Waals surface area contributed by atoms with E-state index in [2.05, 4.69) is 64.1 Å². The van der Waals surface area contributed by atoms with Crippen LogP contribution in [-0.4, -0.2) is 25.0 Å². The number of carbonyl (C=O) groups excluding carboxylic acids is 2. The Bertz CT molecular complexity index is 1200. The van der Waals surface area contributed by atoms with Crippen molar-refractivity contribution in [3.63, 3.8) is 0 Å². The van der Waals surface area contributed by atoms with E-state index in [4.69, 9.17) is 9.47 Å². The first-order chi connectivity index (χ1) is 18.0. The van der Waals surface area contributed by atoms with Crippen LogP contribution in [0.3, 0.4) is 0 Å². The van der Waals surface area contributed by atoms with Crippen molar-refractivity contribution in [2.24, 2.45) is 23.2 Å². The minimum absolute atomic E-state index is 0.0408. The molecule has 0 saturated heterocycles. The Morgan fingerprint density at radius 2 is 1.74 bits per heavy atom. The lowest BCUT2D eigenvalue weighted by Crippen LogP contribution is -2.58. The van der Waals surface area contributed by atoms with Gasteiger partial charge in [-0.15, -0.1) is 0 Å². The maximum Gasteiger partial charge on any atom is 0.319 e. The zero-order valence-corrected chi connectivity index (χ0v) is 24.0. The van der Waals surface area contributed by atoms with E-state index in [1.54, 1.807) is 7.11 Å². The maximum atomic E-state index is 14.3. The summed E-state index contributed by atoms with van der Waals surface area (Å²) >= 11 is 0. The quantitative estimate of drug-likeness (QED) is 0.311. The number of esters is 1. The summed E-state index contributed by atoms with van der Waals surface area (Å²) in [7, 11) is 1.69. The molecule has 0 heterocycles. The smallest absolute Gasteiger partial charge is 0.319 e. The molecule has 3 aliphatic rings. The summed E-state index contributed by atoms with van der Waals surface area (Å²) in [5, 5.41) is 0. The molecule has 2 fully saturated rings. The third-order valence-corrected chi connectivity index (χ3v) is 10.7. The van der Waals surface area contributed by atoms with Gasteiger partial charge in [-0.3, -0.25) is 9.59 Å². The highest BCUT2D eigenvalue weighted by atomic mass is 16.5. The minimum Gasteiger partial charge on any atom is -0.497 e. The molecule has 38 heavy (non-hydrogen) atoms. The predicted molar refractivity (Wildman–Crippen MR) is 150 cm³/mol. The highest BCUT2D eigenvalue weighted by Gasteiger charge is 2.61. The molecular weight excluding hydrogens is 472 g/mol. The van der Waals surface area contributed by atoms with Gasteiger partial charge in [-0.05, 0) is 90.5 Å². The Balaban J connectivity index is 1.47. The van der Waals surface area contributed by atoms with Gasteiger partial charge in [0.05, 0.1) is 7.11 Å². The molecule has 4 nitrogen and oxygen atoms in total. The zero-order chi connectivity index (χ0) is 27.3. The van der Waals surface area contributed by atoms with Gasteiger partial charge in [-0.1, -0.05) is 70.5 Å². The lowest BCUT2D eigenvalue weighted by Gasteiger charge is -2.53. The first kappa shape index (κ1) is 27.0. The zero-order valence-electron chi connectivity index (χ0n) is 24.0. The normalized spacial score (nSPS) is 33.2. The molecule has 0 unspecified atom stereocenters.